The Morgan fingerprint density at radius 2 is 1.95 bits per heavy atom. The Labute approximate surface area is 126 Å². The molecule has 0 amide bonds. The van der Waals surface area contributed by atoms with Crippen molar-refractivity contribution in [1.29, 1.82) is 0 Å². The van der Waals surface area contributed by atoms with E-state index in [2.05, 4.69) is 4.98 Å². The maximum atomic E-state index is 12.3. The molecular weight excluding hydrogens is 290 g/mol. The SMILES string of the molecule is NCCOC1CCN(S(=O)(=O)CCc2ccncc2)CC1. The van der Waals surface area contributed by atoms with Crippen molar-refractivity contribution in [3.05, 3.63) is 30.1 Å². The van der Waals surface area contributed by atoms with Gasteiger partial charge in [0.25, 0.3) is 0 Å². The molecule has 1 saturated heterocycles. The number of piperidine rings is 1. The first-order valence-corrected chi connectivity index (χ1v) is 8.91. The Morgan fingerprint density at radius 1 is 1.29 bits per heavy atom. The van der Waals surface area contributed by atoms with E-state index in [1.54, 1.807) is 16.7 Å². The van der Waals surface area contributed by atoms with Crippen molar-refractivity contribution in [3.8, 4) is 0 Å². The zero-order chi connectivity index (χ0) is 15.1. The minimum atomic E-state index is -3.19. The molecule has 2 rings (SSSR count). The minimum Gasteiger partial charge on any atom is -0.377 e. The van der Waals surface area contributed by atoms with Gasteiger partial charge in [-0.1, -0.05) is 0 Å². The van der Waals surface area contributed by atoms with E-state index in [1.807, 2.05) is 12.1 Å². The maximum Gasteiger partial charge on any atom is 0.214 e. The molecule has 1 aliphatic rings. The van der Waals surface area contributed by atoms with Crippen molar-refractivity contribution >= 4 is 10.0 Å². The molecule has 1 aliphatic heterocycles. The van der Waals surface area contributed by atoms with Crippen LogP contribution in [0.2, 0.25) is 0 Å². The fourth-order valence-electron chi connectivity index (χ4n) is 2.44. The van der Waals surface area contributed by atoms with E-state index in [1.165, 1.54) is 0 Å². The standard InChI is InChI=1S/C14H23N3O3S/c15-6-11-20-14-3-9-17(10-4-14)21(18,19)12-5-13-1-7-16-8-2-13/h1-2,7-8,14H,3-6,9-12,15H2. The normalized spacial score (nSPS) is 18.0. The zero-order valence-corrected chi connectivity index (χ0v) is 13.0. The molecule has 6 nitrogen and oxygen atoms in total. The van der Waals surface area contributed by atoms with Crippen LogP contribution in [-0.2, 0) is 21.2 Å². The molecule has 0 saturated carbocycles. The highest BCUT2D eigenvalue weighted by Gasteiger charge is 2.27. The number of nitrogens with two attached hydrogens (primary N) is 1. The van der Waals surface area contributed by atoms with Crippen LogP contribution in [0.15, 0.2) is 24.5 Å². The average molecular weight is 313 g/mol. The van der Waals surface area contributed by atoms with Gasteiger partial charge in [-0.25, -0.2) is 12.7 Å². The number of ether oxygens (including phenoxy) is 1. The number of pyridine rings is 1. The molecule has 0 radical (unpaired) electrons. The van der Waals surface area contributed by atoms with Gasteiger partial charge in [0.05, 0.1) is 18.5 Å². The molecule has 1 aromatic rings. The number of hydrogen-bond donors (Lipinski definition) is 1. The Balaban J connectivity index is 1.81. The van der Waals surface area contributed by atoms with E-state index in [4.69, 9.17) is 10.5 Å². The van der Waals surface area contributed by atoms with E-state index >= 15 is 0 Å². The molecule has 0 atom stereocenters. The Morgan fingerprint density at radius 3 is 2.57 bits per heavy atom. The molecule has 2 heterocycles. The number of sulfonamides is 1. The van der Waals surface area contributed by atoms with Gasteiger partial charge in [0, 0.05) is 32.0 Å². The molecule has 1 fully saturated rings. The zero-order valence-electron chi connectivity index (χ0n) is 12.1. The van der Waals surface area contributed by atoms with Crippen LogP contribution in [0.1, 0.15) is 18.4 Å². The van der Waals surface area contributed by atoms with Crippen LogP contribution in [0.3, 0.4) is 0 Å². The lowest BCUT2D eigenvalue weighted by atomic mass is 10.1. The summed E-state index contributed by atoms with van der Waals surface area (Å²) >= 11 is 0. The van der Waals surface area contributed by atoms with E-state index in [9.17, 15) is 8.42 Å². The molecule has 0 unspecified atom stereocenters. The summed E-state index contributed by atoms with van der Waals surface area (Å²) in [5.41, 5.74) is 6.40. The summed E-state index contributed by atoms with van der Waals surface area (Å²) in [5.74, 6) is 0.144. The predicted molar refractivity (Wildman–Crippen MR) is 81.3 cm³/mol. The monoisotopic (exact) mass is 313 g/mol. The van der Waals surface area contributed by atoms with Crippen molar-refractivity contribution in [2.24, 2.45) is 5.73 Å². The summed E-state index contributed by atoms with van der Waals surface area (Å²) in [5, 5.41) is 0. The van der Waals surface area contributed by atoms with Gasteiger partial charge in [-0.3, -0.25) is 4.98 Å². The number of hydrogen-bond acceptors (Lipinski definition) is 5. The molecule has 1 aromatic heterocycles. The highest BCUT2D eigenvalue weighted by atomic mass is 32.2. The van der Waals surface area contributed by atoms with Crippen LogP contribution in [-0.4, -0.2) is 55.8 Å². The first kappa shape index (κ1) is 16.4. The molecule has 2 N–H and O–H groups in total. The van der Waals surface area contributed by atoms with E-state index in [0.717, 1.165) is 18.4 Å². The summed E-state index contributed by atoms with van der Waals surface area (Å²) in [7, 11) is -3.19. The van der Waals surface area contributed by atoms with Gasteiger partial charge in [0.15, 0.2) is 0 Å². The topological polar surface area (TPSA) is 85.5 Å². The van der Waals surface area contributed by atoms with Gasteiger partial charge in [-0.15, -0.1) is 0 Å². The van der Waals surface area contributed by atoms with Crippen molar-refractivity contribution in [2.45, 2.75) is 25.4 Å². The van der Waals surface area contributed by atoms with Gasteiger partial charge in [-0.05, 0) is 37.0 Å². The number of aryl methyl sites for hydroxylation is 1. The third-order valence-corrected chi connectivity index (χ3v) is 5.54. The number of aromatic nitrogens is 1. The molecule has 0 bridgehead atoms. The third-order valence-electron chi connectivity index (χ3n) is 3.66. The molecule has 0 aromatic carbocycles. The van der Waals surface area contributed by atoms with Crippen molar-refractivity contribution in [3.63, 3.8) is 0 Å². The third kappa shape index (κ3) is 5.03. The van der Waals surface area contributed by atoms with Crippen LogP contribution in [0.25, 0.3) is 0 Å². The van der Waals surface area contributed by atoms with Gasteiger partial charge < -0.3 is 10.5 Å². The lowest BCUT2D eigenvalue weighted by molar-refractivity contribution is 0.0257. The number of nitrogens with zero attached hydrogens (tertiary/aromatic N) is 2. The Hall–Kier alpha value is -1.02. The lowest BCUT2D eigenvalue weighted by Gasteiger charge is -2.31. The fraction of sp³-hybridized carbons (Fsp3) is 0.643. The van der Waals surface area contributed by atoms with Crippen LogP contribution >= 0.6 is 0 Å². The Bertz CT molecular complexity index is 514. The fourth-order valence-corrected chi connectivity index (χ4v) is 3.96. The van der Waals surface area contributed by atoms with E-state index < -0.39 is 10.0 Å². The Kier molecular flexibility index (Phi) is 6.10. The van der Waals surface area contributed by atoms with Gasteiger partial charge in [-0.2, -0.15) is 0 Å². The van der Waals surface area contributed by atoms with Crippen molar-refractivity contribution < 1.29 is 13.2 Å². The predicted octanol–water partition coefficient (Wildman–Crippen LogP) is 0.394. The molecular formula is C14H23N3O3S. The van der Waals surface area contributed by atoms with Gasteiger partial charge in [0.2, 0.25) is 10.0 Å². The highest BCUT2D eigenvalue weighted by Crippen LogP contribution is 2.17. The first-order valence-electron chi connectivity index (χ1n) is 7.30. The summed E-state index contributed by atoms with van der Waals surface area (Å²) < 4.78 is 31.8. The average Bonchev–Trinajstić information content (AvgIpc) is 2.52. The van der Waals surface area contributed by atoms with E-state index in [-0.39, 0.29) is 11.9 Å². The second-order valence-corrected chi connectivity index (χ2v) is 7.27. The number of rotatable bonds is 7. The largest absolute Gasteiger partial charge is 0.377 e. The maximum absolute atomic E-state index is 12.3. The van der Waals surface area contributed by atoms with Crippen LogP contribution in [0, 0.1) is 0 Å². The molecule has 118 valence electrons. The van der Waals surface area contributed by atoms with Gasteiger partial charge >= 0.3 is 0 Å². The quantitative estimate of drug-likeness (QED) is 0.787. The molecule has 0 spiro atoms. The second kappa shape index (κ2) is 7.84. The first-order chi connectivity index (χ1) is 10.1. The van der Waals surface area contributed by atoms with Crippen LogP contribution in [0.5, 0.6) is 0 Å². The minimum absolute atomic E-state index is 0.139. The van der Waals surface area contributed by atoms with Crippen molar-refractivity contribution in [2.75, 3.05) is 32.0 Å². The van der Waals surface area contributed by atoms with E-state index in [0.29, 0.717) is 32.7 Å². The summed E-state index contributed by atoms with van der Waals surface area (Å²) in [4.78, 5) is 3.93. The second-order valence-electron chi connectivity index (χ2n) is 5.18. The van der Waals surface area contributed by atoms with Gasteiger partial charge in [0.1, 0.15) is 0 Å². The molecule has 7 heteroatoms. The summed E-state index contributed by atoms with van der Waals surface area (Å²) in [6, 6.07) is 3.70. The molecule has 0 aliphatic carbocycles. The lowest BCUT2D eigenvalue weighted by Crippen LogP contribution is -2.42. The van der Waals surface area contributed by atoms with Crippen LogP contribution in [0.4, 0.5) is 0 Å². The van der Waals surface area contributed by atoms with Crippen molar-refractivity contribution in [1.82, 2.24) is 9.29 Å². The van der Waals surface area contributed by atoms with Crippen LogP contribution < -0.4 is 5.73 Å². The summed E-state index contributed by atoms with van der Waals surface area (Å²) in [6.07, 6.45) is 5.52. The molecule has 21 heavy (non-hydrogen) atoms. The smallest absolute Gasteiger partial charge is 0.214 e. The highest BCUT2D eigenvalue weighted by molar-refractivity contribution is 7.89. The summed E-state index contributed by atoms with van der Waals surface area (Å²) in [6.45, 7) is 2.12.